The molecule has 1 amide bonds. The summed E-state index contributed by atoms with van der Waals surface area (Å²) in [6.45, 7) is 3.93. The Bertz CT molecular complexity index is 1160. The smallest absolute Gasteiger partial charge is 0.335 e. The summed E-state index contributed by atoms with van der Waals surface area (Å²) in [5.41, 5.74) is 5.18. The Balaban J connectivity index is 1.63. The number of amides is 1. The van der Waals surface area contributed by atoms with Gasteiger partial charge in [-0.2, -0.15) is 0 Å². The number of ether oxygens (including phenoxy) is 1. The second-order valence-electron chi connectivity index (χ2n) is 8.13. The summed E-state index contributed by atoms with van der Waals surface area (Å²) in [5.74, 6) is -0.218. The van der Waals surface area contributed by atoms with Gasteiger partial charge in [0.15, 0.2) is 0 Å². The van der Waals surface area contributed by atoms with Crippen molar-refractivity contribution in [1.29, 1.82) is 0 Å². The molecule has 158 valence electrons. The van der Waals surface area contributed by atoms with Gasteiger partial charge in [0.25, 0.3) is 0 Å². The molecule has 0 heterocycles. The van der Waals surface area contributed by atoms with Crippen LogP contribution >= 0.6 is 0 Å². The van der Waals surface area contributed by atoms with Gasteiger partial charge in [-0.3, -0.25) is 4.79 Å². The van der Waals surface area contributed by atoms with Crippen molar-refractivity contribution in [1.82, 2.24) is 0 Å². The minimum absolute atomic E-state index is 0.0246. The van der Waals surface area contributed by atoms with E-state index in [1.165, 1.54) is 0 Å². The Labute approximate surface area is 181 Å². The van der Waals surface area contributed by atoms with E-state index in [0.717, 1.165) is 46.4 Å². The Kier molecular flexibility index (Phi) is 5.27. The van der Waals surface area contributed by atoms with Crippen molar-refractivity contribution in [2.75, 3.05) is 12.4 Å². The number of anilines is 1. The molecule has 0 unspecified atom stereocenters. The van der Waals surface area contributed by atoms with Gasteiger partial charge in [-0.05, 0) is 90.9 Å². The molecule has 0 aromatic heterocycles. The molecular formula is C26H25NO4. The lowest BCUT2D eigenvalue weighted by molar-refractivity contribution is -0.118. The molecule has 5 nitrogen and oxygen atoms in total. The fourth-order valence-corrected chi connectivity index (χ4v) is 3.97. The highest BCUT2D eigenvalue weighted by atomic mass is 16.5. The molecule has 0 spiro atoms. The number of carboxylic acids is 1. The quantitative estimate of drug-likeness (QED) is 0.569. The van der Waals surface area contributed by atoms with Gasteiger partial charge in [-0.15, -0.1) is 0 Å². The monoisotopic (exact) mass is 415 g/mol. The number of methoxy groups -OCH3 is 1. The van der Waals surface area contributed by atoms with Crippen molar-refractivity contribution in [2.24, 2.45) is 0 Å². The minimum atomic E-state index is -0.960. The van der Waals surface area contributed by atoms with Gasteiger partial charge >= 0.3 is 5.97 Å². The van der Waals surface area contributed by atoms with E-state index in [9.17, 15) is 14.7 Å². The van der Waals surface area contributed by atoms with Crippen LogP contribution in [0, 0.1) is 13.8 Å². The van der Waals surface area contributed by atoms with Crippen molar-refractivity contribution < 1.29 is 19.4 Å². The molecular weight excluding hydrogens is 390 g/mol. The summed E-state index contributed by atoms with van der Waals surface area (Å²) < 4.78 is 5.22. The van der Waals surface area contributed by atoms with Crippen LogP contribution in [0.3, 0.4) is 0 Å². The maximum Gasteiger partial charge on any atom is 0.335 e. The Hall–Kier alpha value is -3.60. The van der Waals surface area contributed by atoms with Crippen molar-refractivity contribution in [3.05, 3.63) is 82.9 Å². The fraction of sp³-hybridized carbons (Fsp3) is 0.231. The zero-order chi connectivity index (χ0) is 22.2. The van der Waals surface area contributed by atoms with E-state index in [1.807, 2.05) is 62.4 Å². The Morgan fingerprint density at radius 3 is 2.10 bits per heavy atom. The Morgan fingerprint density at radius 1 is 0.903 bits per heavy atom. The number of hydrogen-bond donors (Lipinski definition) is 2. The van der Waals surface area contributed by atoms with E-state index < -0.39 is 11.4 Å². The number of aryl methyl sites for hydroxylation is 2. The van der Waals surface area contributed by atoms with Crippen LogP contribution in [0.5, 0.6) is 5.75 Å². The summed E-state index contributed by atoms with van der Waals surface area (Å²) in [6.07, 6.45) is 1.62. The van der Waals surface area contributed by atoms with Crippen LogP contribution in [0.2, 0.25) is 0 Å². The maximum atomic E-state index is 13.2. The third kappa shape index (κ3) is 3.91. The molecule has 1 aliphatic rings. The zero-order valence-corrected chi connectivity index (χ0v) is 17.9. The number of carboxylic acid groups (broad SMARTS) is 1. The van der Waals surface area contributed by atoms with Gasteiger partial charge in [0, 0.05) is 5.69 Å². The summed E-state index contributed by atoms with van der Waals surface area (Å²) in [5, 5.41) is 12.4. The van der Waals surface area contributed by atoms with Crippen LogP contribution in [0.15, 0.2) is 60.7 Å². The third-order valence-corrected chi connectivity index (χ3v) is 6.10. The highest BCUT2D eigenvalue weighted by Crippen LogP contribution is 2.49. The van der Waals surface area contributed by atoms with Gasteiger partial charge < -0.3 is 15.2 Å². The molecule has 1 fully saturated rings. The molecule has 0 bridgehead atoms. The molecule has 1 aliphatic carbocycles. The van der Waals surface area contributed by atoms with Gasteiger partial charge in [0.1, 0.15) is 5.75 Å². The topological polar surface area (TPSA) is 75.6 Å². The van der Waals surface area contributed by atoms with Crippen molar-refractivity contribution in [3.63, 3.8) is 0 Å². The van der Waals surface area contributed by atoms with E-state index >= 15 is 0 Å². The van der Waals surface area contributed by atoms with Gasteiger partial charge in [0.2, 0.25) is 5.91 Å². The van der Waals surface area contributed by atoms with Gasteiger partial charge in [0.05, 0.1) is 18.1 Å². The number of nitrogens with one attached hydrogen (secondary N) is 1. The molecule has 31 heavy (non-hydrogen) atoms. The van der Waals surface area contributed by atoms with Crippen LogP contribution in [0.4, 0.5) is 5.69 Å². The summed E-state index contributed by atoms with van der Waals surface area (Å²) in [4.78, 5) is 24.6. The number of hydrogen-bond acceptors (Lipinski definition) is 3. The van der Waals surface area contributed by atoms with Crippen LogP contribution in [0.1, 0.15) is 39.9 Å². The molecule has 0 saturated heterocycles. The van der Waals surface area contributed by atoms with Crippen molar-refractivity contribution in [2.45, 2.75) is 32.1 Å². The predicted octanol–water partition coefficient (Wildman–Crippen LogP) is 5.35. The number of carbonyl (C=O) groups excluding carboxylic acids is 1. The number of benzene rings is 3. The Morgan fingerprint density at radius 2 is 1.52 bits per heavy atom. The van der Waals surface area contributed by atoms with Crippen molar-refractivity contribution >= 4 is 17.6 Å². The molecule has 2 N–H and O–H groups in total. The third-order valence-electron chi connectivity index (χ3n) is 6.10. The number of rotatable bonds is 6. The first-order valence-corrected chi connectivity index (χ1v) is 10.2. The predicted molar refractivity (Wildman–Crippen MR) is 121 cm³/mol. The highest BCUT2D eigenvalue weighted by Gasteiger charge is 2.51. The summed E-state index contributed by atoms with van der Waals surface area (Å²) in [7, 11) is 1.62. The molecule has 0 atom stereocenters. The lowest BCUT2D eigenvalue weighted by atomic mass is 9.93. The first kappa shape index (κ1) is 20.7. The van der Waals surface area contributed by atoms with Gasteiger partial charge in [-0.25, -0.2) is 4.79 Å². The minimum Gasteiger partial charge on any atom is -0.497 e. The molecule has 1 saturated carbocycles. The lowest BCUT2D eigenvalue weighted by Crippen LogP contribution is -2.27. The molecule has 3 aromatic rings. The van der Waals surface area contributed by atoms with Crippen LogP contribution < -0.4 is 10.1 Å². The fourth-order valence-electron chi connectivity index (χ4n) is 3.97. The van der Waals surface area contributed by atoms with E-state index in [2.05, 4.69) is 5.32 Å². The molecule has 3 aromatic carbocycles. The standard InChI is InChI=1S/C26H25NO4/c1-16-4-6-18(24(28)29)14-22(16)23-15-20(9-5-17(23)2)27-25(30)26(12-13-26)19-7-10-21(31-3)11-8-19/h4-11,14-15H,12-13H2,1-3H3,(H,27,30)(H,28,29). The molecule has 0 radical (unpaired) electrons. The largest absolute Gasteiger partial charge is 0.497 e. The second-order valence-corrected chi connectivity index (χ2v) is 8.13. The number of aromatic carboxylic acids is 1. The first-order chi connectivity index (χ1) is 14.8. The average molecular weight is 415 g/mol. The van der Waals surface area contributed by atoms with Crippen LogP contribution in [0.25, 0.3) is 11.1 Å². The molecule has 0 aliphatic heterocycles. The summed E-state index contributed by atoms with van der Waals surface area (Å²) >= 11 is 0. The second kappa shape index (κ2) is 7.91. The van der Waals surface area contributed by atoms with E-state index in [0.29, 0.717) is 5.69 Å². The van der Waals surface area contributed by atoms with E-state index in [1.54, 1.807) is 19.2 Å². The molecule has 4 rings (SSSR count). The SMILES string of the molecule is COc1ccc(C2(C(=O)Nc3ccc(C)c(-c4cc(C(=O)O)ccc4C)c3)CC2)cc1. The molecule has 5 heteroatoms. The highest BCUT2D eigenvalue weighted by molar-refractivity contribution is 6.02. The van der Waals surface area contributed by atoms with Crippen LogP contribution in [-0.2, 0) is 10.2 Å². The average Bonchev–Trinajstić information content (AvgIpc) is 3.58. The van der Waals surface area contributed by atoms with E-state index in [-0.39, 0.29) is 11.5 Å². The zero-order valence-electron chi connectivity index (χ0n) is 17.9. The lowest BCUT2D eigenvalue weighted by Gasteiger charge is -2.18. The number of carbonyl (C=O) groups is 2. The maximum absolute atomic E-state index is 13.2. The van der Waals surface area contributed by atoms with Crippen LogP contribution in [-0.4, -0.2) is 24.1 Å². The normalized spacial score (nSPS) is 14.0. The van der Waals surface area contributed by atoms with E-state index in [4.69, 9.17) is 4.74 Å². The summed E-state index contributed by atoms with van der Waals surface area (Å²) in [6, 6.07) is 18.5. The van der Waals surface area contributed by atoms with Crippen molar-refractivity contribution in [3.8, 4) is 16.9 Å². The first-order valence-electron chi connectivity index (χ1n) is 10.2. The van der Waals surface area contributed by atoms with Gasteiger partial charge in [-0.1, -0.05) is 24.3 Å².